The molecule has 0 bridgehead atoms. The van der Waals surface area contributed by atoms with Crippen LogP contribution < -0.4 is 4.74 Å². The van der Waals surface area contributed by atoms with Crippen LogP contribution in [0.2, 0.25) is 0 Å². The first-order valence-corrected chi connectivity index (χ1v) is 17.4. The Balaban J connectivity index is 1.45. The predicted octanol–water partition coefficient (Wildman–Crippen LogP) is 10.1. The highest BCUT2D eigenvalue weighted by molar-refractivity contribution is 8.26. The van der Waals surface area contributed by atoms with Crippen molar-refractivity contribution in [3.8, 4) is 22.7 Å². The Labute approximate surface area is 268 Å². The van der Waals surface area contributed by atoms with Crippen molar-refractivity contribution in [2.45, 2.75) is 97.8 Å². The van der Waals surface area contributed by atoms with Gasteiger partial charge in [0.15, 0.2) is 0 Å². The van der Waals surface area contributed by atoms with Crippen LogP contribution in [-0.2, 0) is 4.79 Å². The third-order valence-corrected chi connectivity index (χ3v) is 9.24. The van der Waals surface area contributed by atoms with Crippen molar-refractivity contribution in [1.29, 1.82) is 0 Å². The fourth-order valence-electron chi connectivity index (χ4n) is 5.31. The van der Waals surface area contributed by atoms with Gasteiger partial charge in [-0.1, -0.05) is 120 Å². The van der Waals surface area contributed by atoms with E-state index in [1.165, 1.54) is 63.1 Å². The number of unbranched alkanes of at least 4 members (excludes halogenated alkanes) is 10. The molecule has 230 valence electrons. The molecule has 5 nitrogen and oxygen atoms in total. The molecule has 2 heterocycles. The van der Waals surface area contributed by atoms with Gasteiger partial charge in [0.25, 0.3) is 5.91 Å². The molecule has 0 aliphatic carbocycles. The first kappa shape index (κ1) is 33.0. The molecule has 4 rings (SSSR count). The molecule has 1 aliphatic heterocycles. The van der Waals surface area contributed by atoms with Gasteiger partial charge >= 0.3 is 0 Å². The zero-order valence-electron chi connectivity index (χ0n) is 26.1. The van der Waals surface area contributed by atoms with Gasteiger partial charge in [-0.3, -0.25) is 9.69 Å². The van der Waals surface area contributed by atoms with Gasteiger partial charge in [0.1, 0.15) is 15.8 Å². The van der Waals surface area contributed by atoms with Gasteiger partial charge < -0.3 is 4.74 Å². The van der Waals surface area contributed by atoms with Crippen LogP contribution in [0, 0.1) is 6.92 Å². The third kappa shape index (κ3) is 9.54. The predicted molar refractivity (Wildman–Crippen MR) is 186 cm³/mol. The number of thioether (sulfide) groups is 1. The van der Waals surface area contributed by atoms with E-state index >= 15 is 0 Å². The number of hydrogen-bond donors (Lipinski definition) is 0. The number of aromatic nitrogens is 2. The lowest BCUT2D eigenvalue weighted by molar-refractivity contribution is -0.122. The molecule has 1 aliphatic rings. The summed E-state index contributed by atoms with van der Waals surface area (Å²) in [5.41, 5.74) is 4.74. The quantitative estimate of drug-likeness (QED) is 0.0807. The van der Waals surface area contributed by atoms with Crippen LogP contribution in [0.5, 0.6) is 5.75 Å². The van der Waals surface area contributed by atoms with E-state index in [0.29, 0.717) is 22.4 Å². The summed E-state index contributed by atoms with van der Waals surface area (Å²) in [6.07, 6.45) is 18.8. The van der Waals surface area contributed by atoms with Crippen molar-refractivity contribution in [2.24, 2.45) is 0 Å². The number of thiocarbonyl (C=S) groups is 1. The molecule has 1 fully saturated rings. The van der Waals surface area contributed by atoms with Gasteiger partial charge in [-0.05, 0) is 61.7 Å². The molecule has 0 unspecified atom stereocenters. The molecule has 1 amide bonds. The van der Waals surface area contributed by atoms with E-state index in [2.05, 4.69) is 32.9 Å². The fourth-order valence-corrected chi connectivity index (χ4v) is 6.61. The normalized spacial score (nSPS) is 14.3. The van der Waals surface area contributed by atoms with E-state index in [0.717, 1.165) is 59.5 Å². The molecule has 1 saturated heterocycles. The summed E-state index contributed by atoms with van der Waals surface area (Å²) in [5, 5.41) is 4.97. The second-order valence-corrected chi connectivity index (χ2v) is 13.1. The second-order valence-electron chi connectivity index (χ2n) is 11.4. The molecule has 43 heavy (non-hydrogen) atoms. The monoisotopic (exact) mass is 617 g/mol. The number of benzene rings is 2. The Morgan fingerprint density at radius 3 is 2.23 bits per heavy atom. The Bertz CT molecular complexity index is 1370. The van der Waals surface area contributed by atoms with Gasteiger partial charge in [0.2, 0.25) is 0 Å². The van der Waals surface area contributed by atoms with Crippen molar-refractivity contribution >= 4 is 40.3 Å². The Hall–Kier alpha value is -2.90. The molecule has 2 aromatic carbocycles. The van der Waals surface area contributed by atoms with E-state index in [4.69, 9.17) is 22.1 Å². The second kappa shape index (κ2) is 17.4. The van der Waals surface area contributed by atoms with Gasteiger partial charge in [-0.15, -0.1) is 0 Å². The van der Waals surface area contributed by atoms with E-state index in [-0.39, 0.29) is 5.91 Å². The summed E-state index contributed by atoms with van der Waals surface area (Å²) in [5.74, 6) is 0.897. The lowest BCUT2D eigenvalue weighted by Gasteiger charge is -2.14. The number of nitrogens with zero attached hydrogens (tertiary/aromatic N) is 3. The van der Waals surface area contributed by atoms with Crippen molar-refractivity contribution in [2.75, 3.05) is 13.2 Å². The number of rotatable bonds is 18. The zero-order chi connectivity index (χ0) is 30.4. The molecule has 0 atom stereocenters. The number of carbonyl (C=O) groups excluding carboxylic acids is 1. The van der Waals surface area contributed by atoms with Gasteiger partial charge in [-0.2, -0.15) is 5.10 Å². The molecule has 0 radical (unpaired) electrons. The maximum Gasteiger partial charge on any atom is 0.266 e. The van der Waals surface area contributed by atoms with Crippen molar-refractivity contribution < 1.29 is 9.53 Å². The van der Waals surface area contributed by atoms with Gasteiger partial charge in [0.05, 0.1) is 17.2 Å². The minimum Gasteiger partial charge on any atom is -0.493 e. The first-order valence-electron chi connectivity index (χ1n) is 16.2. The summed E-state index contributed by atoms with van der Waals surface area (Å²) in [7, 11) is 0. The Kier molecular flexibility index (Phi) is 13.4. The molecular formula is C36H47N3O2S2. The standard InChI is InChI=1S/C36H47N3O2S2/c1-4-6-8-9-10-11-12-13-14-18-23-38-35(40)33(43-36(38)42)26-30-27-39(31-19-16-15-17-20-31)37-34(30)29-21-22-32(28(3)25-29)41-24-7-5-2/h15-17,19-22,25-27H,4-14,18,23-24H2,1-3H3/b33-26-. The molecule has 0 saturated carbocycles. The maximum atomic E-state index is 13.5. The summed E-state index contributed by atoms with van der Waals surface area (Å²) in [6.45, 7) is 7.89. The number of carbonyl (C=O) groups is 1. The average Bonchev–Trinajstić information content (AvgIpc) is 3.55. The molecule has 7 heteroatoms. The molecular weight excluding hydrogens is 571 g/mol. The minimum absolute atomic E-state index is 0.000174. The van der Waals surface area contributed by atoms with Crippen molar-refractivity contribution in [1.82, 2.24) is 14.7 Å². The number of para-hydroxylation sites is 1. The lowest BCUT2D eigenvalue weighted by Crippen LogP contribution is -2.29. The van der Waals surface area contributed by atoms with E-state index in [1.54, 1.807) is 4.90 Å². The van der Waals surface area contributed by atoms with Crippen LogP contribution >= 0.6 is 24.0 Å². The van der Waals surface area contributed by atoms with E-state index in [9.17, 15) is 4.79 Å². The van der Waals surface area contributed by atoms with Crippen molar-refractivity contribution in [3.05, 3.63) is 70.8 Å². The summed E-state index contributed by atoms with van der Waals surface area (Å²) >= 11 is 7.05. The van der Waals surface area contributed by atoms with E-state index in [1.807, 2.05) is 53.4 Å². The molecule has 0 N–H and O–H groups in total. The molecule has 3 aromatic rings. The number of amides is 1. The number of ether oxygens (including phenoxy) is 1. The van der Waals surface area contributed by atoms with Crippen LogP contribution in [-0.4, -0.2) is 38.1 Å². The fraction of sp³-hybridized carbons (Fsp3) is 0.472. The van der Waals surface area contributed by atoms with Crippen LogP contribution in [0.15, 0.2) is 59.6 Å². The van der Waals surface area contributed by atoms with Crippen molar-refractivity contribution in [3.63, 3.8) is 0 Å². The Morgan fingerprint density at radius 2 is 1.56 bits per heavy atom. The summed E-state index contributed by atoms with van der Waals surface area (Å²) < 4.78 is 8.52. The van der Waals surface area contributed by atoms with Crippen LogP contribution in [0.4, 0.5) is 0 Å². The highest BCUT2D eigenvalue weighted by atomic mass is 32.2. The van der Waals surface area contributed by atoms with Crippen LogP contribution in [0.3, 0.4) is 0 Å². The summed E-state index contributed by atoms with van der Waals surface area (Å²) in [6, 6.07) is 16.3. The maximum absolute atomic E-state index is 13.5. The van der Waals surface area contributed by atoms with E-state index < -0.39 is 0 Å². The highest BCUT2D eigenvalue weighted by Gasteiger charge is 2.32. The number of aryl methyl sites for hydroxylation is 1. The zero-order valence-corrected chi connectivity index (χ0v) is 27.8. The van der Waals surface area contributed by atoms with Gasteiger partial charge in [0, 0.05) is 23.9 Å². The molecule has 0 spiro atoms. The third-order valence-electron chi connectivity index (χ3n) is 7.86. The number of hydrogen-bond acceptors (Lipinski definition) is 5. The smallest absolute Gasteiger partial charge is 0.266 e. The molecule has 1 aromatic heterocycles. The average molecular weight is 618 g/mol. The largest absolute Gasteiger partial charge is 0.493 e. The van der Waals surface area contributed by atoms with Crippen LogP contribution in [0.25, 0.3) is 23.0 Å². The summed E-state index contributed by atoms with van der Waals surface area (Å²) in [4.78, 5) is 15.9. The topological polar surface area (TPSA) is 47.4 Å². The first-order chi connectivity index (χ1) is 21.0. The van der Waals surface area contributed by atoms with Gasteiger partial charge in [-0.25, -0.2) is 4.68 Å². The SMILES string of the molecule is CCCCCCCCCCCCN1C(=O)/C(=C/c2cn(-c3ccccc3)nc2-c2ccc(OCCCC)c(C)c2)SC1=S. The van der Waals surface area contributed by atoms with Crippen LogP contribution in [0.1, 0.15) is 102 Å². The highest BCUT2D eigenvalue weighted by Crippen LogP contribution is 2.36. The Morgan fingerprint density at radius 1 is 0.884 bits per heavy atom. The lowest BCUT2D eigenvalue weighted by atomic mass is 10.0. The minimum atomic E-state index is 0.000174.